The van der Waals surface area contributed by atoms with Gasteiger partial charge in [0.25, 0.3) is 12.0 Å². The smallest absolute Gasteiger partial charge is 0.332 e. The molecule has 0 bridgehead atoms. The molecule has 2 N–H and O–H groups in total. The molecule has 3 aromatic heterocycles. The predicted octanol–water partition coefficient (Wildman–Crippen LogP) is 3.89. The predicted molar refractivity (Wildman–Crippen MR) is 179 cm³/mol. The van der Waals surface area contributed by atoms with Crippen molar-refractivity contribution < 1.29 is 9.90 Å². The first-order valence-electron chi connectivity index (χ1n) is 15.1. The SMILES string of the molecule is CCn1c(N(C)C)cc(=O)n(Cc2cc3nccc(-c4cc(C#N)cc5c4N([C@@H]4CNC(C)(C)C4)CCC5)c3s2)c1=O.O=CO. The summed E-state index contributed by atoms with van der Waals surface area (Å²) in [6, 6.07) is 12.4. The first-order valence-corrected chi connectivity index (χ1v) is 15.9. The molecular weight excluding hydrogens is 590 g/mol. The van der Waals surface area contributed by atoms with Gasteiger partial charge in [0.05, 0.1) is 28.4 Å². The van der Waals surface area contributed by atoms with Crippen LogP contribution in [0, 0.1) is 11.3 Å². The Morgan fingerprint density at radius 3 is 2.60 bits per heavy atom. The number of carboxylic acid groups (broad SMARTS) is 1. The third-order valence-electron chi connectivity index (χ3n) is 8.55. The van der Waals surface area contributed by atoms with Crippen LogP contribution in [-0.4, -0.2) is 64.5 Å². The second-order valence-electron chi connectivity index (χ2n) is 12.3. The zero-order valence-electron chi connectivity index (χ0n) is 26.3. The number of nitriles is 1. The number of hydrogen-bond donors (Lipinski definition) is 2. The molecule has 0 amide bonds. The molecule has 1 fully saturated rings. The Bertz CT molecular complexity index is 1900. The summed E-state index contributed by atoms with van der Waals surface area (Å²) in [6.45, 7) is 8.72. The van der Waals surface area contributed by atoms with Crippen LogP contribution in [-0.2, 0) is 24.3 Å². The maximum Gasteiger partial charge on any atom is 0.332 e. The largest absolute Gasteiger partial charge is 0.483 e. The van der Waals surface area contributed by atoms with Gasteiger partial charge in [-0.25, -0.2) is 4.79 Å². The van der Waals surface area contributed by atoms with Crippen molar-refractivity contribution in [1.82, 2.24) is 19.4 Å². The van der Waals surface area contributed by atoms with Crippen molar-refractivity contribution in [1.29, 1.82) is 5.26 Å². The number of anilines is 2. The molecular formula is C33H39N7O4S. The van der Waals surface area contributed by atoms with Crippen molar-refractivity contribution in [3.8, 4) is 17.2 Å². The van der Waals surface area contributed by atoms with E-state index in [-0.39, 0.29) is 29.8 Å². The molecule has 4 aromatic rings. The Labute approximate surface area is 266 Å². The highest BCUT2D eigenvalue weighted by Gasteiger charge is 2.36. The number of aromatic nitrogens is 3. The van der Waals surface area contributed by atoms with Crippen LogP contribution in [0.15, 0.2) is 46.1 Å². The van der Waals surface area contributed by atoms with E-state index in [9.17, 15) is 14.9 Å². The zero-order chi connectivity index (χ0) is 32.5. The Morgan fingerprint density at radius 2 is 1.96 bits per heavy atom. The van der Waals surface area contributed by atoms with Gasteiger partial charge in [-0.2, -0.15) is 5.26 Å². The van der Waals surface area contributed by atoms with Crippen molar-refractivity contribution in [3.05, 3.63) is 73.4 Å². The highest BCUT2D eigenvalue weighted by molar-refractivity contribution is 7.19. The van der Waals surface area contributed by atoms with E-state index in [2.05, 4.69) is 41.2 Å². The van der Waals surface area contributed by atoms with E-state index in [0.29, 0.717) is 24.0 Å². The fourth-order valence-corrected chi connectivity index (χ4v) is 7.74. The quantitative estimate of drug-likeness (QED) is 0.305. The monoisotopic (exact) mass is 629 g/mol. The van der Waals surface area contributed by atoms with E-state index in [4.69, 9.17) is 9.90 Å². The molecule has 0 spiro atoms. The Balaban J connectivity index is 0.00000128. The number of rotatable bonds is 6. The van der Waals surface area contributed by atoms with Crippen LogP contribution in [0.2, 0.25) is 0 Å². The summed E-state index contributed by atoms with van der Waals surface area (Å²) >= 11 is 1.56. The molecule has 1 aromatic carbocycles. The standard InChI is InChI=1S/C32H37N7O2S.CH2O2/c1-6-37-27(36(4)5)15-28(40)39(31(37)41)19-23-14-26-30(42-23)24(9-10-34-26)25-13-20(17-33)12-21-8-7-11-38(29(21)25)22-16-32(2,3)35-18-22;2-1-3/h9-10,12-15,22,35H,6-8,11,16,18-19H2,1-5H3;1H,(H,2,3)/t22-;/m0./s1. The van der Waals surface area contributed by atoms with Crippen LogP contribution < -0.4 is 26.4 Å². The summed E-state index contributed by atoms with van der Waals surface area (Å²) in [4.78, 5) is 44.6. The van der Waals surface area contributed by atoms with Crippen LogP contribution in [0.25, 0.3) is 21.3 Å². The van der Waals surface area contributed by atoms with Gasteiger partial charge >= 0.3 is 5.69 Å². The summed E-state index contributed by atoms with van der Waals surface area (Å²) < 4.78 is 3.91. The average molecular weight is 630 g/mol. The van der Waals surface area contributed by atoms with E-state index >= 15 is 0 Å². The minimum atomic E-state index is -0.321. The zero-order valence-corrected chi connectivity index (χ0v) is 27.1. The number of nitrogens with zero attached hydrogens (tertiary/aromatic N) is 6. The van der Waals surface area contributed by atoms with Crippen LogP contribution in [0.3, 0.4) is 0 Å². The molecule has 11 nitrogen and oxygen atoms in total. The molecule has 2 aliphatic heterocycles. The molecule has 1 saturated heterocycles. The third kappa shape index (κ3) is 6.23. The number of carbonyl (C=O) groups is 1. The fraction of sp³-hybridized carbons (Fsp3) is 0.424. The van der Waals surface area contributed by atoms with Gasteiger partial charge in [0.15, 0.2) is 0 Å². The van der Waals surface area contributed by atoms with E-state index < -0.39 is 0 Å². The average Bonchev–Trinajstić information content (AvgIpc) is 3.60. The highest BCUT2D eigenvalue weighted by atomic mass is 32.1. The molecule has 12 heteroatoms. The molecule has 0 unspecified atom stereocenters. The van der Waals surface area contributed by atoms with Crippen LogP contribution in [0.1, 0.15) is 49.6 Å². The van der Waals surface area contributed by atoms with E-state index in [1.807, 2.05) is 45.4 Å². The summed E-state index contributed by atoms with van der Waals surface area (Å²) in [5.41, 5.74) is 5.44. The second kappa shape index (κ2) is 12.9. The number of pyridine rings is 1. The van der Waals surface area contributed by atoms with Gasteiger partial charge in [-0.05, 0) is 69.9 Å². The van der Waals surface area contributed by atoms with Gasteiger partial charge in [0, 0.05) is 79.3 Å². The van der Waals surface area contributed by atoms with Gasteiger partial charge < -0.3 is 20.2 Å². The van der Waals surface area contributed by atoms with E-state index in [1.165, 1.54) is 21.9 Å². The van der Waals surface area contributed by atoms with Gasteiger partial charge in [-0.15, -0.1) is 11.3 Å². The lowest BCUT2D eigenvalue weighted by Gasteiger charge is -2.38. The molecule has 45 heavy (non-hydrogen) atoms. The van der Waals surface area contributed by atoms with Crippen molar-refractivity contribution in [2.45, 2.75) is 64.7 Å². The van der Waals surface area contributed by atoms with Gasteiger partial charge in [0.2, 0.25) is 0 Å². The number of thiophene rings is 1. The molecule has 236 valence electrons. The maximum absolute atomic E-state index is 13.3. The number of fused-ring (bicyclic) bond motifs is 2. The number of aryl methyl sites for hydroxylation is 1. The number of nitrogens with one attached hydrogen (secondary N) is 1. The van der Waals surface area contributed by atoms with E-state index in [1.54, 1.807) is 20.8 Å². The maximum atomic E-state index is 13.3. The Morgan fingerprint density at radius 1 is 1.20 bits per heavy atom. The minimum Gasteiger partial charge on any atom is -0.483 e. The van der Waals surface area contributed by atoms with E-state index in [0.717, 1.165) is 58.6 Å². The molecule has 6 rings (SSSR count). The Hall–Kier alpha value is -4.47. The van der Waals surface area contributed by atoms with Crippen molar-refractivity contribution >= 4 is 39.5 Å². The normalized spacial score (nSPS) is 16.9. The topological polar surface area (TPSA) is 136 Å². The lowest BCUT2D eigenvalue weighted by Crippen LogP contribution is -2.41. The van der Waals surface area contributed by atoms with Crippen molar-refractivity contribution in [2.24, 2.45) is 0 Å². The van der Waals surface area contributed by atoms with Crippen LogP contribution >= 0.6 is 11.3 Å². The van der Waals surface area contributed by atoms with Crippen LogP contribution in [0.4, 0.5) is 11.5 Å². The van der Waals surface area contributed by atoms with Crippen molar-refractivity contribution in [3.63, 3.8) is 0 Å². The summed E-state index contributed by atoms with van der Waals surface area (Å²) in [6.07, 6.45) is 4.87. The molecule has 0 saturated carbocycles. The molecule has 2 aliphatic rings. The summed E-state index contributed by atoms with van der Waals surface area (Å²) in [5, 5.41) is 20.5. The molecule has 1 atom stereocenters. The molecule has 0 radical (unpaired) electrons. The molecule has 0 aliphatic carbocycles. The minimum absolute atomic E-state index is 0.0841. The first-order chi connectivity index (χ1) is 21.5. The highest BCUT2D eigenvalue weighted by Crippen LogP contribution is 2.44. The molecule has 5 heterocycles. The third-order valence-corrected chi connectivity index (χ3v) is 9.69. The number of hydrogen-bond acceptors (Lipinski definition) is 9. The van der Waals surface area contributed by atoms with Crippen molar-refractivity contribution in [2.75, 3.05) is 37.0 Å². The second-order valence-corrected chi connectivity index (χ2v) is 13.4. The first kappa shape index (κ1) is 31.9. The lowest BCUT2D eigenvalue weighted by atomic mass is 9.90. The fourth-order valence-electron chi connectivity index (χ4n) is 6.61. The summed E-state index contributed by atoms with van der Waals surface area (Å²) in [7, 11) is 3.66. The lowest BCUT2D eigenvalue weighted by molar-refractivity contribution is -0.122. The summed E-state index contributed by atoms with van der Waals surface area (Å²) in [5.74, 6) is 0.594. The Kier molecular flexibility index (Phi) is 9.13. The van der Waals surface area contributed by atoms with Gasteiger partial charge in [-0.3, -0.25) is 23.7 Å². The van der Waals surface area contributed by atoms with Gasteiger partial charge in [0.1, 0.15) is 5.82 Å². The van der Waals surface area contributed by atoms with Gasteiger partial charge in [-0.1, -0.05) is 0 Å². The van der Waals surface area contributed by atoms with Crippen LogP contribution in [0.5, 0.6) is 0 Å². The number of benzene rings is 1.